The molecule has 0 spiro atoms. The lowest BCUT2D eigenvalue weighted by atomic mass is 10.2. The maximum atomic E-state index is 11.0. The molecule has 1 unspecified atom stereocenters. The zero-order chi connectivity index (χ0) is 10.9. The van der Waals surface area contributed by atoms with Crippen LogP contribution in [-0.2, 0) is 4.79 Å². The second kappa shape index (κ2) is 9.00. The summed E-state index contributed by atoms with van der Waals surface area (Å²) in [7, 11) is 0. The van der Waals surface area contributed by atoms with Gasteiger partial charge in [0.15, 0.2) is 0 Å². The summed E-state index contributed by atoms with van der Waals surface area (Å²) in [4.78, 5) is 11.0. The number of rotatable bonds is 4. The van der Waals surface area contributed by atoms with E-state index in [1.807, 2.05) is 20.8 Å². The van der Waals surface area contributed by atoms with E-state index in [0.717, 1.165) is 0 Å². The molecule has 0 aromatic rings. The highest BCUT2D eigenvalue weighted by molar-refractivity contribution is 5.83. The third-order valence-corrected chi connectivity index (χ3v) is 1.31. The average Bonchev–Trinajstić information content (AvgIpc) is 2.19. The maximum Gasteiger partial charge on any atom is 0.241 e. The highest BCUT2D eigenvalue weighted by Crippen LogP contribution is 1.89. The van der Waals surface area contributed by atoms with Crippen LogP contribution in [0.5, 0.6) is 0 Å². The van der Waals surface area contributed by atoms with Crippen molar-refractivity contribution in [3.05, 3.63) is 24.9 Å². The molecule has 1 atom stereocenters. The molecule has 0 radical (unpaired) electrons. The minimum Gasteiger partial charge on any atom is -0.325 e. The molecule has 0 aromatic heterocycles. The van der Waals surface area contributed by atoms with E-state index in [1.54, 1.807) is 0 Å². The minimum atomic E-state index is -0.452. The van der Waals surface area contributed by atoms with E-state index in [1.165, 1.54) is 6.08 Å². The number of nitrogens with two attached hydrogens (primary N) is 1. The molecular weight excluding hydrogens is 164 g/mol. The van der Waals surface area contributed by atoms with Crippen LogP contribution < -0.4 is 11.1 Å². The Labute approximate surface area is 80.7 Å². The first-order valence-corrected chi connectivity index (χ1v) is 4.49. The van der Waals surface area contributed by atoms with Gasteiger partial charge in [0.25, 0.3) is 0 Å². The molecule has 0 aliphatic carbocycles. The molecule has 0 heterocycles. The first kappa shape index (κ1) is 14.4. The molecule has 0 aromatic carbocycles. The Morgan fingerprint density at radius 1 is 1.62 bits per heavy atom. The molecule has 3 nitrogen and oxygen atoms in total. The predicted octanol–water partition coefficient (Wildman–Crippen LogP) is 1.57. The number of hydrogen-bond acceptors (Lipinski definition) is 2. The zero-order valence-corrected chi connectivity index (χ0v) is 8.76. The standard InChI is InChI=1S/C8H14N2O.C2H6/c1-4-6(3)10-8(11)7(9)5-2;1-2/h4,7H,1,3,5,9H2,2H3,(H,10,11);1-2H3. The minimum absolute atomic E-state index is 0.211. The van der Waals surface area contributed by atoms with Crippen molar-refractivity contribution in [3.8, 4) is 0 Å². The molecule has 0 aliphatic rings. The number of carbonyl (C=O) groups is 1. The van der Waals surface area contributed by atoms with E-state index < -0.39 is 6.04 Å². The molecule has 76 valence electrons. The van der Waals surface area contributed by atoms with E-state index in [0.29, 0.717) is 12.1 Å². The van der Waals surface area contributed by atoms with Gasteiger partial charge in [0.1, 0.15) is 0 Å². The first-order valence-electron chi connectivity index (χ1n) is 4.49. The van der Waals surface area contributed by atoms with Crippen LogP contribution in [0.2, 0.25) is 0 Å². The Kier molecular flexibility index (Phi) is 10.00. The van der Waals surface area contributed by atoms with Gasteiger partial charge in [0.05, 0.1) is 6.04 Å². The van der Waals surface area contributed by atoms with E-state index in [4.69, 9.17) is 5.73 Å². The Morgan fingerprint density at radius 2 is 2.08 bits per heavy atom. The van der Waals surface area contributed by atoms with E-state index in [9.17, 15) is 4.79 Å². The van der Waals surface area contributed by atoms with Crippen LogP contribution in [-0.4, -0.2) is 11.9 Å². The van der Waals surface area contributed by atoms with Crippen molar-refractivity contribution < 1.29 is 4.79 Å². The summed E-state index contributed by atoms with van der Waals surface area (Å²) in [6.45, 7) is 12.8. The van der Waals surface area contributed by atoms with Crippen LogP contribution in [0.1, 0.15) is 27.2 Å². The lowest BCUT2D eigenvalue weighted by Crippen LogP contribution is -2.39. The van der Waals surface area contributed by atoms with Crippen LogP contribution >= 0.6 is 0 Å². The maximum absolute atomic E-state index is 11.0. The summed E-state index contributed by atoms with van der Waals surface area (Å²) in [5, 5.41) is 2.50. The quantitative estimate of drug-likeness (QED) is 0.651. The Morgan fingerprint density at radius 3 is 2.38 bits per heavy atom. The topological polar surface area (TPSA) is 55.1 Å². The van der Waals surface area contributed by atoms with Crippen molar-refractivity contribution in [1.82, 2.24) is 5.32 Å². The van der Waals surface area contributed by atoms with Crippen LogP contribution in [0.3, 0.4) is 0 Å². The lowest BCUT2D eigenvalue weighted by molar-refractivity contribution is -0.121. The number of amides is 1. The van der Waals surface area contributed by atoms with Gasteiger partial charge in [0, 0.05) is 5.70 Å². The van der Waals surface area contributed by atoms with Crippen LogP contribution in [0, 0.1) is 0 Å². The number of hydrogen-bond donors (Lipinski definition) is 2. The Balaban J connectivity index is 0. The van der Waals surface area contributed by atoms with Gasteiger partial charge < -0.3 is 11.1 Å². The van der Waals surface area contributed by atoms with Crippen molar-refractivity contribution in [2.24, 2.45) is 5.73 Å². The molecule has 13 heavy (non-hydrogen) atoms. The van der Waals surface area contributed by atoms with Gasteiger partial charge in [-0.3, -0.25) is 4.79 Å². The summed E-state index contributed by atoms with van der Waals surface area (Å²) < 4.78 is 0. The van der Waals surface area contributed by atoms with Crippen molar-refractivity contribution in [2.75, 3.05) is 0 Å². The summed E-state index contributed by atoms with van der Waals surface area (Å²) in [6.07, 6.45) is 2.09. The van der Waals surface area contributed by atoms with Crippen LogP contribution in [0.15, 0.2) is 24.9 Å². The molecule has 1 amide bonds. The fraction of sp³-hybridized carbons (Fsp3) is 0.500. The van der Waals surface area contributed by atoms with Crippen molar-refractivity contribution in [1.29, 1.82) is 0 Å². The largest absolute Gasteiger partial charge is 0.325 e. The monoisotopic (exact) mass is 184 g/mol. The van der Waals surface area contributed by atoms with Gasteiger partial charge in [-0.05, 0) is 12.5 Å². The lowest BCUT2D eigenvalue weighted by Gasteiger charge is -2.08. The summed E-state index contributed by atoms with van der Waals surface area (Å²) in [5.41, 5.74) is 5.92. The van der Waals surface area contributed by atoms with E-state index >= 15 is 0 Å². The van der Waals surface area contributed by atoms with Gasteiger partial charge in [-0.25, -0.2) is 0 Å². The van der Waals surface area contributed by atoms with Gasteiger partial charge >= 0.3 is 0 Å². The SMILES string of the molecule is C=CC(=C)NC(=O)C(N)CC.CC. The van der Waals surface area contributed by atoms with Crippen LogP contribution in [0.4, 0.5) is 0 Å². The smallest absolute Gasteiger partial charge is 0.241 e. The summed E-state index contributed by atoms with van der Waals surface area (Å²) >= 11 is 0. The molecule has 0 saturated carbocycles. The molecule has 0 aliphatic heterocycles. The third kappa shape index (κ3) is 7.28. The molecule has 3 heteroatoms. The molecule has 3 N–H and O–H groups in total. The normalized spacial score (nSPS) is 10.5. The second-order valence-corrected chi connectivity index (χ2v) is 2.23. The zero-order valence-electron chi connectivity index (χ0n) is 8.76. The van der Waals surface area contributed by atoms with Crippen molar-refractivity contribution >= 4 is 5.91 Å². The highest BCUT2D eigenvalue weighted by Gasteiger charge is 2.09. The van der Waals surface area contributed by atoms with Gasteiger partial charge in [-0.15, -0.1) is 0 Å². The Hall–Kier alpha value is -1.09. The number of allylic oxidation sites excluding steroid dienone is 1. The third-order valence-electron chi connectivity index (χ3n) is 1.31. The second-order valence-electron chi connectivity index (χ2n) is 2.23. The average molecular weight is 184 g/mol. The highest BCUT2D eigenvalue weighted by atomic mass is 16.2. The van der Waals surface area contributed by atoms with Crippen LogP contribution in [0.25, 0.3) is 0 Å². The Bertz CT molecular complexity index is 176. The fourth-order valence-electron chi connectivity index (χ4n) is 0.487. The molecule has 0 bridgehead atoms. The van der Waals surface area contributed by atoms with Gasteiger partial charge in [-0.2, -0.15) is 0 Å². The van der Waals surface area contributed by atoms with Crippen molar-refractivity contribution in [2.45, 2.75) is 33.2 Å². The predicted molar refractivity (Wildman–Crippen MR) is 57.1 cm³/mol. The number of carbonyl (C=O) groups excluding carboxylic acids is 1. The summed E-state index contributed by atoms with van der Waals surface area (Å²) in [5.74, 6) is -0.211. The van der Waals surface area contributed by atoms with E-state index in [2.05, 4.69) is 18.5 Å². The van der Waals surface area contributed by atoms with Crippen molar-refractivity contribution in [3.63, 3.8) is 0 Å². The molecular formula is C10H20N2O. The van der Waals surface area contributed by atoms with Gasteiger partial charge in [0.2, 0.25) is 5.91 Å². The molecule has 0 saturated heterocycles. The van der Waals surface area contributed by atoms with Gasteiger partial charge in [-0.1, -0.05) is 33.9 Å². The molecule has 0 fully saturated rings. The molecule has 0 rings (SSSR count). The summed E-state index contributed by atoms with van der Waals surface area (Å²) in [6, 6.07) is -0.452. The fourth-order valence-corrected chi connectivity index (χ4v) is 0.487. The number of nitrogens with one attached hydrogen (secondary N) is 1. The van der Waals surface area contributed by atoms with E-state index in [-0.39, 0.29) is 5.91 Å². The first-order chi connectivity index (χ1) is 6.11.